The summed E-state index contributed by atoms with van der Waals surface area (Å²) < 4.78 is 41.4. The van der Waals surface area contributed by atoms with E-state index in [-0.39, 0.29) is 0 Å². The van der Waals surface area contributed by atoms with Crippen LogP contribution in [0.2, 0.25) is 0 Å². The zero-order valence-electron chi connectivity index (χ0n) is 18.7. The highest BCUT2D eigenvalue weighted by Crippen LogP contribution is 2.38. The van der Waals surface area contributed by atoms with Gasteiger partial charge in [-0.2, -0.15) is 0 Å². The first-order valence-electron chi connectivity index (χ1n) is 10.8. The van der Waals surface area contributed by atoms with Crippen molar-refractivity contribution in [1.82, 2.24) is 0 Å². The highest BCUT2D eigenvalue weighted by atomic mass is 79.9. The van der Waals surface area contributed by atoms with Crippen molar-refractivity contribution in [1.29, 1.82) is 0 Å². The zero-order chi connectivity index (χ0) is 24.0. The average Bonchev–Trinajstić information content (AvgIpc) is 2.84. The van der Waals surface area contributed by atoms with E-state index >= 15 is 0 Å². The number of rotatable bonds is 10. The van der Waals surface area contributed by atoms with E-state index in [0.717, 1.165) is 27.2 Å². The lowest BCUT2D eigenvalue weighted by atomic mass is 10.0. The molecule has 0 N–H and O–H groups in total. The summed E-state index contributed by atoms with van der Waals surface area (Å²) >= 11 is 3.34. The van der Waals surface area contributed by atoms with Crippen LogP contribution in [0.3, 0.4) is 0 Å². The predicted octanol–water partition coefficient (Wildman–Crippen LogP) is 6.49. The second-order valence-corrected chi connectivity index (χ2v) is 10.5. The number of hydrogen-bond donors (Lipinski definition) is 0. The number of ether oxygens (including phenoxy) is 3. The number of benzene rings is 4. The Labute approximate surface area is 208 Å². The Balaban J connectivity index is 1.66. The van der Waals surface area contributed by atoms with E-state index in [0.29, 0.717) is 42.0 Å². The molecule has 34 heavy (non-hydrogen) atoms. The highest BCUT2D eigenvalue weighted by Gasteiger charge is 2.12. The first kappa shape index (κ1) is 24.3. The molecule has 5 nitrogen and oxygen atoms in total. The van der Waals surface area contributed by atoms with Crippen molar-refractivity contribution in [3.63, 3.8) is 0 Å². The zero-order valence-corrected chi connectivity index (χ0v) is 21.1. The molecule has 0 aliphatic heterocycles. The summed E-state index contributed by atoms with van der Waals surface area (Å²) in [5.41, 5.74) is 1.83. The quantitative estimate of drug-likeness (QED) is 0.170. The molecule has 0 amide bonds. The molecular weight excluding hydrogens is 516 g/mol. The molecule has 0 saturated heterocycles. The maximum Gasteiger partial charge on any atom is 0.175 e. The van der Waals surface area contributed by atoms with Gasteiger partial charge in [-0.3, -0.25) is 0 Å². The van der Waals surface area contributed by atoms with Gasteiger partial charge in [0.05, 0.1) is 18.1 Å². The number of hydrogen-bond acceptors (Lipinski definition) is 5. The smallest absolute Gasteiger partial charge is 0.175 e. The number of alkyl halides is 1. The fourth-order valence-electron chi connectivity index (χ4n) is 3.56. The second kappa shape index (κ2) is 11.0. The van der Waals surface area contributed by atoms with E-state index in [9.17, 15) is 8.42 Å². The lowest BCUT2D eigenvalue weighted by Gasteiger charge is -2.15. The van der Waals surface area contributed by atoms with Crippen LogP contribution < -0.4 is 9.47 Å². The third-order valence-electron chi connectivity index (χ3n) is 5.22. The van der Waals surface area contributed by atoms with Crippen LogP contribution in [0.5, 0.6) is 17.2 Å². The Morgan fingerprint density at radius 2 is 1.44 bits per heavy atom. The van der Waals surface area contributed by atoms with E-state index in [1.54, 1.807) is 12.1 Å². The van der Waals surface area contributed by atoms with Crippen LogP contribution in [0.25, 0.3) is 21.9 Å². The van der Waals surface area contributed by atoms with Crippen LogP contribution in [0.1, 0.15) is 0 Å². The van der Waals surface area contributed by atoms with Gasteiger partial charge in [-0.25, -0.2) is 8.42 Å². The third kappa shape index (κ3) is 5.97. The maximum absolute atomic E-state index is 11.8. The van der Waals surface area contributed by atoms with E-state index < -0.39 is 9.84 Å². The molecule has 176 valence electrons. The first-order chi connectivity index (χ1) is 16.5. The molecule has 0 radical (unpaired) electrons. The molecule has 0 unspecified atom stereocenters. The first-order valence-corrected chi connectivity index (χ1v) is 13.8. The van der Waals surface area contributed by atoms with Crippen molar-refractivity contribution in [2.75, 3.05) is 31.4 Å². The largest absolute Gasteiger partial charge is 0.487 e. The van der Waals surface area contributed by atoms with Gasteiger partial charge in [0, 0.05) is 17.0 Å². The van der Waals surface area contributed by atoms with Gasteiger partial charge < -0.3 is 14.2 Å². The molecule has 0 aliphatic rings. The van der Waals surface area contributed by atoms with E-state index in [4.69, 9.17) is 14.2 Å². The maximum atomic E-state index is 11.8. The molecule has 4 aromatic carbocycles. The van der Waals surface area contributed by atoms with Gasteiger partial charge in [-0.15, -0.1) is 0 Å². The van der Waals surface area contributed by atoms with E-state index in [1.165, 1.54) is 6.26 Å². The minimum atomic E-state index is -3.25. The molecule has 0 bridgehead atoms. The fourth-order valence-corrected chi connectivity index (χ4v) is 4.42. The molecule has 0 aliphatic carbocycles. The van der Waals surface area contributed by atoms with E-state index in [2.05, 4.69) is 22.0 Å². The van der Waals surface area contributed by atoms with Gasteiger partial charge in [0.1, 0.15) is 12.4 Å². The number of para-hydroxylation sites is 2. The normalized spacial score (nSPS) is 11.5. The van der Waals surface area contributed by atoms with Crippen LogP contribution in [0.15, 0.2) is 89.8 Å². The molecule has 4 rings (SSSR count). The van der Waals surface area contributed by atoms with Crippen molar-refractivity contribution >= 4 is 36.5 Å². The Kier molecular flexibility index (Phi) is 7.88. The Morgan fingerprint density at radius 3 is 2.18 bits per heavy atom. The summed E-state index contributed by atoms with van der Waals surface area (Å²) in [6, 6.07) is 26.5. The van der Waals surface area contributed by atoms with Crippen LogP contribution in [-0.2, 0) is 14.6 Å². The lowest BCUT2D eigenvalue weighted by Crippen LogP contribution is -2.08. The predicted molar refractivity (Wildman–Crippen MR) is 139 cm³/mol. The van der Waals surface area contributed by atoms with Crippen molar-refractivity contribution in [2.45, 2.75) is 4.90 Å². The molecule has 4 aromatic rings. The van der Waals surface area contributed by atoms with Gasteiger partial charge in [-0.1, -0.05) is 64.5 Å². The SMILES string of the molecule is CS(=O)(=O)c1ccc(-c2cc(Oc3ccccc3OCCOCCBr)c3ccccc3c2)cc1. The second-order valence-electron chi connectivity index (χ2n) is 7.69. The summed E-state index contributed by atoms with van der Waals surface area (Å²) in [5.74, 6) is 1.93. The summed E-state index contributed by atoms with van der Waals surface area (Å²) in [6.45, 7) is 1.54. The Morgan fingerprint density at radius 1 is 0.735 bits per heavy atom. The van der Waals surface area contributed by atoms with Crippen molar-refractivity contribution < 1.29 is 22.6 Å². The number of halogens is 1. The van der Waals surface area contributed by atoms with Crippen molar-refractivity contribution in [3.8, 4) is 28.4 Å². The van der Waals surface area contributed by atoms with Gasteiger partial charge in [0.15, 0.2) is 21.3 Å². The fraction of sp³-hybridized carbons (Fsp3) is 0.185. The lowest BCUT2D eigenvalue weighted by molar-refractivity contribution is 0.111. The monoisotopic (exact) mass is 540 g/mol. The van der Waals surface area contributed by atoms with E-state index in [1.807, 2.05) is 66.7 Å². The molecule has 0 heterocycles. The average molecular weight is 541 g/mol. The van der Waals surface area contributed by atoms with Gasteiger partial charge in [0.2, 0.25) is 0 Å². The van der Waals surface area contributed by atoms with Crippen LogP contribution in [-0.4, -0.2) is 39.8 Å². The minimum absolute atomic E-state index is 0.291. The van der Waals surface area contributed by atoms with Gasteiger partial charge in [-0.05, 0) is 52.9 Å². The minimum Gasteiger partial charge on any atom is -0.487 e. The van der Waals surface area contributed by atoms with Crippen molar-refractivity contribution in [2.24, 2.45) is 0 Å². The van der Waals surface area contributed by atoms with Crippen LogP contribution in [0.4, 0.5) is 0 Å². The Hall–Kier alpha value is -2.87. The van der Waals surface area contributed by atoms with Crippen molar-refractivity contribution in [3.05, 3.63) is 84.9 Å². The molecular formula is C27H25BrO5S. The van der Waals surface area contributed by atoms with Gasteiger partial charge >= 0.3 is 0 Å². The summed E-state index contributed by atoms with van der Waals surface area (Å²) in [7, 11) is -3.25. The summed E-state index contributed by atoms with van der Waals surface area (Å²) in [5, 5.41) is 2.77. The standard InChI is InChI=1S/C27H25BrO5S/c1-34(29,30)23-12-10-20(11-13-23)22-18-21-6-2-3-7-24(21)27(19-22)33-26-9-5-4-8-25(26)32-17-16-31-15-14-28/h2-13,18-19H,14-17H2,1H3. The highest BCUT2D eigenvalue weighted by molar-refractivity contribution is 9.09. The van der Waals surface area contributed by atoms with Gasteiger partial charge in [0.25, 0.3) is 0 Å². The Bertz CT molecular complexity index is 1370. The summed E-state index contributed by atoms with van der Waals surface area (Å²) in [4.78, 5) is 0.291. The molecule has 7 heteroatoms. The molecule has 0 spiro atoms. The number of fused-ring (bicyclic) bond motifs is 1. The van der Waals surface area contributed by atoms with Crippen LogP contribution in [0, 0.1) is 0 Å². The molecule has 0 saturated carbocycles. The molecule has 0 aromatic heterocycles. The summed E-state index contributed by atoms with van der Waals surface area (Å²) in [6.07, 6.45) is 1.21. The topological polar surface area (TPSA) is 61.8 Å². The van der Waals surface area contributed by atoms with Crippen LogP contribution >= 0.6 is 15.9 Å². The third-order valence-corrected chi connectivity index (χ3v) is 6.67. The molecule has 0 atom stereocenters. The number of sulfone groups is 1. The molecule has 0 fully saturated rings.